The molecule has 1 heterocycles. The first-order valence-corrected chi connectivity index (χ1v) is 12.4. The van der Waals surface area contributed by atoms with Crippen molar-refractivity contribution >= 4 is 27.3 Å². The number of anilines is 2. The van der Waals surface area contributed by atoms with Crippen molar-refractivity contribution in [3.05, 3.63) is 54.1 Å². The molecule has 0 bridgehead atoms. The van der Waals surface area contributed by atoms with Crippen molar-refractivity contribution in [3.8, 4) is 5.75 Å². The van der Waals surface area contributed by atoms with Crippen LogP contribution in [0.3, 0.4) is 0 Å². The molecule has 2 aromatic rings. The number of piperidine rings is 1. The van der Waals surface area contributed by atoms with Crippen molar-refractivity contribution < 1.29 is 17.9 Å². The molecule has 1 aliphatic rings. The van der Waals surface area contributed by atoms with Crippen molar-refractivity contribution in [2.24, 2.45) is 0 Å². The molecule has 0 radical (unpaired) electrons. The van der Waals surface area contributed by atoms with Crippen LogP contribution in [-0.2, 0) is 14.8 Å². The molecule has 2 aromatic carbocycles. The van der Waals surface area contributed by atoms with E-state index >= 15 is 0 Å². The third-order valence-corrected chi connectivity index (χ3v) is 6.77. The van der Waals surface area contributed by atoms with Crippen LogP contribution in [0.4, 0.5) is 11.4 Å². The van der Waals surface area contributed by atoms with Crippen molar-refractivity contribution in [1.29, 1.82) is 0 Å². The quantitative estimate of drug-likeness (QED) is 0.674. The Morgan fingerprint density at radius 1 is 1.06 bits per heavy atom. The molecule has 168 valence electrons. The number of carbonyl (C=O) groups excluding carboxylic acids is 1. The Morgan fingerprint density at radius 3 is 2.26 bits per heavy atom. The van der Waals surface area contributed by atoms with Gasteiger partial charge in [-0.25, -0.2) is 8.42 Å². The summed E-state index contributed by atoms with van der Waals surface area (Å²) in [5, 5.41) is 2.95. The summed E-state index contributed by atoms with van der Waals surface area (Å²) in [5.74, 6) is 0.282. The van der Waals surface area contributed by atoms with Gasteiger partial charge in [-0.2, -0.15) is 0 Å². The molecule has 1 N–H and O–H groups in total. The summed E-state index contributed by atoms with van der Waals surface area (Å²) < 4.78 is 29.9. The summed E-state index contributed by atoms with van der Waals surface area (Å²) in [6.07, 6.45) is 4.93. The van der Waals surface area contributed by atoms with Crippen LogP contribution >= 0.6 is 0 Å². The molecule has 0 aromatic heterocycles. The molecule has 1 amide bonds. The van der Waals surface area contributed by atoms with E-state index in [1.54, 1.807) is 24.3 Å². The fraction of sp³-hybridized carbons (Fsp3) is 0.435. The van der Waals surface area contributed by atoms with Crippen LogP contribution in [0.25, 0.3) is 0 Å². The van der Waals surface area contributed by atoms with Gasteiger partial charge in [0.15, 0.2) is 6.61 Å². The predicted octanol–water partition coefficient (Wildman–Crippen LogP) is 3.33. The summed E-state index contributed by atoms with van der Waals surface area (Å²) >= 11 is 0. The van der Waals surface area contributed by atoms with E-state index in [9.17, 15) is 13.2 Å². The monoisotopic (exact) mass is 445 g/mol. The van der Waals surface area contributed by atoms with Crippen molar-refractivity contribution in [3.63, 3.8) is 0 Å². The minimum Gasteiger partial charge on any atom is -0.484 e. The molecule has 1 fully saturated rings. The summed E-state index contributed by atoms with van der Waals surface area (Å²) in [4.78, 5) is 14.7. The number of nitrogens with one attached hydrogen (secondary N) is 1. The maximum Gasteiger partial charge on any atom is 0.258 e. The van der Waals surface area contributed by atoms with Gasteiger partial charge in [0.05, 0.1) is 18.0 Å². The van der Waals surface area contributed by atoms with E-state index in [0.29, 0.717) is 11.4 Å². The molecular formula is C23H31N3O4S. The fourth-order valence-corrected chi connectivity index (χ4v) is 4.09. The second-order valence-electron chi connectivity index (χ2n) is 7.94. The first kappa shape index (κ1) is 22.9. The van der Waals surface area contributed by atoms with Crippen LogP contribution in [0.5, 0.6) is 5.75 Å². The highest BCUT2D eigenvalue weighted by molar-refractivity contribution is 7.92. The lowest BCUT2D eigenvalue weighted by Gasteiger charge is -2.29. The van der Waals surface area contributed by atoms with Gasteiger partial charge in [-0.05, 0) is 68.1 Å². The van der Waals surface area contributed by atoms with Crippen LogP contribution in [-0.4, -0.2) is 47.3 Å². The lowest BCUT2D eigenvalue weighted by atomic mass is 10.1. The Morgan fingerprint density at radius 2 is 1.68 bits per heavy atom. The highest BCUT2D eigenvalue weighted by atomic mass is 32.2. The minimum atomic E-state index is -3.32. The third-order valence-electron chi connectivity index (χ3n) is 5.56. The lowest BCUT2D eigenvalue weighted by molar-refractivity contribution is -0.123. The Hall–Kier alpha value is -2.74. The van der Waals surface area contributed by atoms with Crippen molar-refractivity contribution in [2.75, 3.05) is 42.2 Å². The van der Waals surface area contributed by atoms with E-state index in [0.717, 1.165) is 24.9 Å². The van der Waals surface area contributed by atoms with E-state index in [1.165, 1.54) is 36.3 Å². The van der Waals surface area contributed by atoms with Gasteiger partial charge in [-0.1, -0.05) is 12.1 Å². The summed E-state index contributed by atoms with van der Waals surface area (Å²) in [7, 11) is -1.83. The maximum absolute atomic E-state index is 12.3. The highest BCUT2D eigenvalue weighted by Crippen LogP contribution is 2.23. The maximum atomic E-state index is 12.3. The molecule has 1 aliphatic heterocycles. The Labute approximate surface area is 185 Å². The van der Waals surface area contributed by atoms with E-state index in [4.69, 9.17) is 4.74 Å². The molecular weight excluding hydrogens is 414 g/mol. The zero-order valence-corrected chi connectivity index (χ0v) is 19.2. The van der Waals surface area contributed by atoms with Gasteiger partial charge in [-0.3, -0.25) is 9.10 Å². The molecule has 7 nitrogen and oxygen atoms in total. The van der Waals surface area contributed by atoms with Gasteiger partial charge >= 0.3 is 0 Å². The second kappa shape index (κ2) is 10.0. The fourth-order valence-electron chi connectivity index (χ4n) is 3.59. The highest BCUT2D eigenvalue weighted by Gasteiger charge is 2.14. The van der Waals surface area contributed by atoms with Gasteiger partial charge in [0.25, 0.3) is 5.91 Å². The number of amides is 1. The van der Waals surface area contributed by atoms with E-state index in [-0.39, 0.29) is 18.6 Å². The van der Waals surface area contributed by atoms with Gasteiger partial charge < -0.3 is 15.0 Å². The van der Waals surface area contributed by atoms with Gasteiger partial charge in [0, 0.05) is 25.8 Å². The van der Waals surface area contributed by atoms with Crippen LogP contribution < -0.4 is 19.3 Å². The average Bonchev–Trinajstić information content (AvgIpc) is 2.77. The second-order valence-corrected chi connectivity index (χ2v) is 9.96. The zero-order valence-electron chi connectivity index (χ0n) is 18.4. The Bertz CT molecular complexity index is 969. The number of ether oxygens (including phenoxy) is 1. The standard InChI is InChI=1S/C23H31N3O4S/c1-18(19-7-9-21(10-8-19)26-15-5-4-6-16-26)24-23(27)17-30-22-13-11-20(12-14-22)25(2)31(3,28)29/h7-14,18H,4-6,15-17H2,1-3H3,(H,24,27)/t18-/m1/s1. The largest absolute Gasteiger partial charge is 0.484 e. The molecule has 0 spiro atoms. The van der Waals surface area contributed by atoms with Gasteiger partial charge in [0.1, 0.15) is 5.75 Å². The minimum absolute atomic E-state index is 0.114. The molecule has 8 heteroatoms. The van der Waals surface area contributed by atoms with Gasteiger partial charge in [-0.15, -0.1) is 0 Å². The molecule has 31 heavy (non-hydrogen) atoms. The number of benzene rings is 2. The van der Waals surface area contributed by atoms with Gasteiger partial charge in [0.2, 0.25) is 10.0 Å². The summed E-state index contributed by atoms with van der Waals surface area (Å²) in [5.41, 5.74) is 2.80. The van der Waals surface area contributed by atoms with Crippen LogP contribution in [0.2, 0.25) is 0 Å². The Kier molecular flexibility index (Phi) is 7.43. The topological polar surface area (TPSA) is 79.0 Å². The summed E-state index contributed by atoms with van der Waals surface area (Å²) in [6.45, 7) is 4.05. The van der Waals surface area contributed by atoms with E-state index in [1.807, 2.05) is 6.92 Å². The summed E-state index contributed by atoms with van der Waals surface area (Å²) in [6, 6.07) is 14.8. The number of hydrogen-bond donors (Lipinski definition) is 1. The number of carbonyl (C=O) groups is 1. The van der Waals surface area contributed by atoms with Crippen LogP contribution in [0.1, 0.15) is 37.8 Å². The number of hydrogen-bond acceptors (Lipinski definition) is 5. The normalized spacial score (nSPS) is 15.3. The number of rotatable bonds is 8. The Balaban J connectivity index is 1.49. The van der Waals surface area contributed by atoms with E-state index < -0.39 is 10.0 Å². The van der Waals surface area contributed by atoms with Crippen molar-refractivity contribution in [2.45, 2.75) is 32.2 Å². The van der Waals surface area contributed by atoms with Crippen molar-refractivity contribution in [1.82, 2.24) is 5.32 Å². The average molecular weight is 446 g/mol. The molecule has 3 rings (SSSR count). The number of nitrogens with zero attached hydrogens (tertiary/aromatic N) is 2. The SMILES string of the molecule is C[C@@H](NC(=O)COc1ccc(N(C)S(C)(=O)=O)cc1)c1ccc(N2CCCCC2)cc1. The smallest absolute Gasteiger partial charge is 0.258 e. The molecule has 0 unspecified atom stereocenters. The molecule has 0 aliphatic carbocycles. The van der Waals surface area contributed by atoms with Crippen LogP contribution in [0, 0.1) is 0 Å². The van der Waals surface area contributed by atoms with Crippen LogP contribution in [0.15, 0.2) is 48.5 Å². The lowest BCUT2D eigenvalue weighted by Crippen LogP contribution is -2.31. The molecule has 0 saturated carbocycles. The third kappa shape index (κ3) is 6.37. The number of sulfonamides is 1. The first-order valence-electron chi connectivity index (χ1n) is 10.5. The van der Waals surface area contributed by atoms with E-state index in [2.05, 4.69) is 34.5 Å². The zero-order chi connectivity index (χ0) is 22.4. The first-order chi connectivity index (χ1) is 14.7. The predicted molar refractivity (Wildman–Crippen MR) is 124 cm³/mol. The molecule has 1 atom stereocenters. The molecule has 1 saturated heterocycles.